The van der Waals surface area contributed by atoms with Gasteiger partial charge in [0, 0.05) is 18.1 Å². The highest BCUT2D eigenvalue weighted by Crippen LogP contribution is 2.31. The number of nitrogens with zero attached hydrogens (tertiary/aromatic N) is 1. The number of H-pyrrole nitrogens is 1. The van der Waals surface area contributed by atoms with Crippen LogP contribution in [-0.2, 0) is 6.42 Å². The normalized spacial score (nSPS) is 13.7. The fraction of sp³-hybridized carbons (Fsp3) is 0.118. The molecular weight excluding hydrogens is 267 g/mol. The lowest BCUT2D eigenvalue weighted by Crippen LogP contribution is -2.29. The predicted octanol–water partition coefficient (Wildman–Crippen LogP) is 3.51. The lowest BCUT2D eigenvalue weighted by molar-refractivity contribution is 0.0991. The molecule has 3 aromatic rings. The van der Waals surface area contributed by atoms with E-state index in [4.69, 9.17) is 0 Å². The zero-order valence-corrected chi connectivity index (χ0v) is 11.3. The Balaban J connectivity index is 1.80. The van der Waals surface area contributed by atoms with Crippen molar-refractivity contribution in [3.05, 3.63) is 65.6 Å². The topological polar surface area (TPSA) is 36.1 Å². The van der Waals surface area contributed by atoms with Crippen LogP contribution in [0.1, 0.15) is 15.9 Å². The molecule has 0 saturated heterocycles. The first kappa shape index (κ1) is 12.1. The van der Waals surface area contributed by atoms with Crippen LogP contribution in [0.3, 0.4) is 0 Å². The van der Waals surface area contributed by atoms with Gasteiger partial charge in [0.15, 0.2) is 0 Å². The van der Waals surface area contributed by atoms with Crippen LogP contribution in [0, 0.1) is 5.82 Å². The first-order valence-corrected chi connectivity index (χ1v) is 6.90. The summed E-state index contributed by atoms with van der Waals surface area (Å²) in [5, 5.41) is 1.000. The minimum atomic E-state index is -0.313. The van der Waals surface area contributed by atoms with Gasteiger partial charge in [-0.05, 0) is 36.2 Å². The van der Waals surface area contributed by atoms with Gasteiger partial charge in [-0.2, -0.15) is 0 Å². The molecule has 2 heterocycles. The van der Waals surface area contributed by atoms with Crippen LogP contribution in [0.5, 0.6) is 0 Å². The van der Waals surface area contributed by atoms with E-state index >= 15 is 0 Å². The Hall–Kier alpha value is -2.62. The number of benzene rings is 2. The van der Waals surface area contributed by atoms with E-state index in [1.165, 1.54) is 12.1 Å². The molecule has 104 valence electrons. The van der Waals surface area contributed by atoms with Gasteiger partial charge in [0.25, 0.3) is 5.91 Å². The molecule has 0 bridgehead atoms. The number of fused-ring (bicyclic) bond motifs is 2. The number of anilines is 1. The zero-order chi connectivity index (χ0) is 14.4. The van der Waals surface area contributed by atoms with Crippen LogP contribution >= 0.6 is 0 Å². The van der Waals surface area contributed by atoms with Crippen molar-refractivity contribution >= 4 is 22.5 Å². The molecule has 0 spiro atoms. The predicted molar refractivity (Wildman–Crippen MR) is 80.1 cm³/mol. The van der Waals surface area contributed by atoms with E-state index in [9.17, 15) is 9.18 Å². The molecule has 4 rings (SSSR count). The van der Waals surface area contributed by atoms with Gasteiger partial charge in [-0.3, -0.25) is 4.79 Å². The Bertz CT molecular complexity index is 853. The van der Waals surface area contributed by atoms with Gasteiger partial charge in [-0.1, -0.05) is 18.2 Å². The number of carbonyl (C=O) groups excluding carboxylic acids is 1. The second-order valence-corrected chi connectivity index (χ2v) is 5.23. The Morgan fingerprint density at radius 2 is 2.10 bits per heavy atom. The van der Waals surface area contributed by atoms with E-state index < -0.39 is 0 Å². The summed E-state index contributed by atoms with van der Waals surface area (Å²) in [6.45, 7) is 0.592. The summed E-state index contributed by atoms with van der Waals surface area (Å²) in [5.74, 6) is -0.404. The van der Waals surface area contributed by atoms with Crippen LogP contribution < -0.4 is 4.90 Å². The number of hydrogen-bond donors (Lipinski definition) is 1. The molecule has 0 fully saturated rings. The highest BCUT2D eigenvalue weighted by molar-refractivity contribution is 6.13. The summed E-state index contributed by atoms with van der Waals surface area (Å²) in [5.41, 5.74) is 3.15. The van der Waals surface area contributed by atoms with E-state index in [2.05, 4.69) is 4.98 Å². The van der Waals surface area contributed by atoms with Gasteiger partial charge in [-0.15, -0.1) is 0 Å². The number of hydrogen-bond acceptors (Lipinski definition) is 1. The van der Waals surface area contributed by atoms with Gasteiger partial charge in [0.1, 0.15) is 5.82 Å². The van der Waals surface area contributed by atoms with E-state index in [1.807, 2.05) is 24.4 Å². The number of aromatic amines is 1. The van der Waals surface area contributed by atoms with Crippen LogP contribution in [0.2, 0.25) is 0 Å². The molecule has 1 amide bonds. The lowest BCUT2D eigenvalue weighted by atomic mass is 10.1. The van der Waals surface area contributed by atoms with Crippen LogP contribution in [-0.4, -0.2) is 17.4 Å². The number of aromatic nitrogens is 1. The second kappa shape index (κ2) is 4.45. The molecule has 0 atom stereocenters. The molecule has 0 radical (unpaired) electrons. The van der Waals surface area contributed by atoms with Gasteiger partial charge >= 0.3 is 0 Å². The summed E-state index contributed by atoms with van der Waals surface area (Å²) in [6.07, 6.45) is 2.58. The van der Waals surface area contributed by atoms with Crippen LogP contribution in [0.4, 0.5) is 10.1 Å². The molecule has 1 aliphatic rings. The third-order valence-electron chi connectivity index (χ3n) is 4.01. The number of carbonyl (C=O) groups is 1. The molecule has 0 saturated carbocycles. The van der Waals surface area contributed by atoms with E-state index in [1.54, 1.807) is 17.0 Å². The van der Waals surface area contributed by atoms with Crippen LogP contribution in [0.15, 0.2) is 48.7 Å². The highest BCUT2D eigenvalue weighted by atomic mass is 19.1. The molecular formula is C17H13FN2O. The van der Waals surface area contributed by atoms with Gasteiger partial charge in [-0.25, -0.2) is 4.39 Å². The van der Waals surface area contributed by atoms with Crippen molar-refractivity contribution in [3.63, 3.8) is 0 Å². The summed E-state index contributed by atoms with van der Waals surface area (Å²) in [4.78, 5) is 17.6. The summed E-state index contributed by atoms with van der Waals surface area (Å²) >= 11 is 0. The van der Waals surface area contributed by atoms with Gasteiger partial charge in [0.2, 0.25) is 0 Å². The molecule has 2 aromatic carbocycles. The highest BCUT2D eigenvalue weighted by Gasteiger charge is 2.27. The average Bonchev–Trinajstić information content (AvgIpc) is 3.12. The molecule has 0 unspecified atom stereocenters. The Labute approximate surface area is 121 Å². The number of rotatable bonds is 1. The standard InChI is InChI=1S/C17H13FN2O/c18-13-5-4-11-7-9-20(15(11)10-13)17(21)14-3-1-2-12-6-8-19-16(12)14/h1-6,8,10,19H,7,9H2. The molecule has 0 aliphatic carbocycles. The maximum Gasteiger partial charge on any atom is 0.260 e. The first-order chi connectivity index (χ1) is 10.2. The van der Waals surface area contributed by atoms with Crippen molar-refractivity contribution in [1.29, 1.82) is 0 Å². The van der Waals surface area contributed by atoms with Gasteiger partial charge in [0.05, 0.1) is 16.8 Å². The minimum absolute atomic E-state index is 0.0904. The number of nitrogens with one attached hydrogen (secondary N) is 1. The monoisotopic (exact) mass is 280 g/mol. The average molecular weight is 280 g/mol. The summed E-state index contributed by atoms with van der Waals surface area (Å²) < 4.78 is 13.5. The van der Waals surface area contributed by atoms with E-state index in [-0.39, 0.29) is 11.7 Å². The summed E-state index contributed by atoms with van der Waals surface area (Å²) in [7, 11) is 0. The van der Waals surface area contributed by atoms with E-state index in [0.29, 0.717) is 17.8 Å². The molecule has 21 heavy (non-hydrogen) atoms. The maximum atomic E-state index is 13.5. The molecule has 1 N–H and O–H groups in total. The van der Waals surface area contributed by atoms with Crippen molar-refractivity contribution in [2.75, 3.05) is 11.4 Å². The lowest BCUT2D eigenvalue weighted by Gasteiger charge is -2.18. The molecule has 3 nitrogen and oxygen atoms in total. The van der Waals surface area contributed by atoms with Crippen molar-refractivity contribution in [2.45, 2.75) is 6.42 Å². The van der Waals surface area contributed by atoms with Crippen molar-refractivity contribution in [3.8, 4) is 0 Å². The number of amides is 1. The molecule has 1 aromatic heterocycles. The fourth-order valence-electron chi connectivity index (χ4n) is 2.97. The molecule has 1 aliphatic heterocycles. The SMILES string of the molecule is O=C(c1cccc2cc[nH]c12)N1CCc2ccc(F)cc21. The molecule has 4 heteroatoms. The number of para-hydroxylation sites is 1. The third kappa shape index (κ3) is 1.83. The first-order valence-electron chi connectivity index (χ1n) is 6.90. The number of halogens is 1. The van der Waals surface area contributed by atoms with Crippen molar-refractivity contribution in [2.24, 2.45) is 0 Å². The smallest absolute Gasteiger partial charge is 0.260 e. The quantitative estimate of drug-likeness (QED) is 0.727. The fourth-order valence-corrected chi connectivity index (χ4v) is 2.97. The van der Waals surface area contributed by atoms with E-state index in [0.717, 1.165) is 22.9 Å². The second-order valence-electron chi connectivity index (χ2n) is 5.23. The Kier molecular flexibility index (Phi) is 2.57. The van der Waals surface area contributed by atoms with Crippen molar-refractivity contribution in [1.82, 2.24) is 4.98 Å². The maximum absolute atomic E-state index is 13.5. The van der Waals surface area contributed by atoms with Crippen molar-refractivity contribution < 1.29 is 9.18 Å². The van der Waals surface area contributed by atoms with Gasteiger partial charge < -0.3 is 9.88 Å². The minimum Gasteiger partial charge on any atom is -0.361 e. The summed E-state index contributed by atoms with van der Waals surface area (Å²) in [6, 6.07) is 12.2. The zero-order valence-electron chi connectivity index (χ0n) is 11.3. The van der Waals surface area contributed by atoms with Crippen LogP contribution in [0.25, 0.3) is 10.9 Å². The largest absolute Gasteiger partial charge is 0.361 e. The third-order valence-corrected chi connectivity index (χ3v) is 4.01. The Morgan fingerprint density at radius 3 is 3.00 bits per heavy atom. The Morgan fingerprint density at radius 1 is 1.19 bits per heavy atom.